The van der Waals surface area contributed by atoms with Gasteiger partial charge in [-0.25, -0.2) is 0 Å². The van der Waals surface area contributed by atoms with E-state index in [0.717, 1.165) is 32.8 Å². The van der Waals surface area contributed by atoms with Gasteiger partial charge >= 0.3 is 0 Å². The first-order chi connectivity index (χ1) is 13.0. The van der Waals surface area contributed by atoms with E-state index in [1.165, 1.54) is 4.88 Å². The summed E-state index contributed by atoms with van der Waals surface area (Å²) in [6, 6.07) is 4.56. The van der Waals surface area contributed by atoms with Gasteiger partial charge in [-0.3, -0.25) is 14.7 Å². The molecule has 1 aromatic heterocycles. The molecule has 2 heterocycles. The van der Waals surface area contributed by atoms with Crippen LogP contribution in [0.5, 0.6) is 0 Å². The van der Waals surface area contributed by atoms with Crippen LogP contribution in [-0.4, -0.2) is 69.8 Å². The van der Waals surface area contributed by atoms with Gasteiger partial charge in [0.05, 0.1) is 24.7 Å². The average Bonchev–Trinajstić information content (AvgIpc) is 3.20. The summed E-state index contributed by atoms with van der Waals surface area (Å²) in [6.45, 7) is 11.1. The van der Waals surface area contributed by atoms with E-state index in [1.54, 1.807) is 18.4 Å². The highest BCUT2D eigenvalue weighted by Crippen LogP contribution is 2.25. The van der Waals surface area contributed by atoms with E-state index in [9.17, 15) is 4.79 Å². The Morgan fingerprint density at radius 2 is 2.07 bits per heavy atom. The Bertz CT molecular complexity index is 597. The molecule has 1 saturated heterocycles. The van der Waals surface area contributed by atoms with Crippen molar-refractivity contribution in [1.82, 2.24) is 20.9 Å². The minimum Gasteiger partial charge on any atom is -0.379 e. The highest BCUT2D eigenvalue weighted by Gasteiger charge is 2.28. The molecule has 1 atom stereocenters. The van der Waals surface area contributed by atoms with Crippen molar-refractivity contribution in [3.8, 4) is 0 Å². The van der Waals surface area contributed by atoms with Crippen molar-refractivity contribution < 1.29 is 9.53 Å². The molecule has 0 saturated carbocycles. The van der Waals surface area contributed by atoms with Gasteiger partial charge in [-0.15, -0.1) is 11.3 Å². The molecule has 7 nitrogen and oxygen atoms in total. The van der Waals surface area contributed by atoms with E-state index in [2.05, 4.69) is 43.4 Å². The maximum Gasteiger partial charge on any atom is 0.227 e. The second kappa shape index (κ2) is 10.6. The molecule has 1 amide bonds. The number of hydrogen-bond donors (Lipinski definition) is 3. The smallest absolute Gasteiger partial charge is 0.227 e. The molecular weight excluding hydrogens is 362 g/mol. The molecule has 2 rings (SSSR count). The highest BCUT2D eigenvalue weighted by molar-refractivity contribution is 7.10. The van der Waals surface area contributed by atoms with Crippen molar-refractivity contribution in [2.24, 2.45) is 10.4 Å². The second-order valence-electron chi connectivity index (χ2n) is 7.23. The van der Waals surface area contributed by atoms with Crippen molar-refractivity contribution in [3.05, 3.63) is 22.4 Å². The Labute approximate surface area is 166 Å². The number of carbonyl (C=O) groups excluding carboxylic acids is 1. The van der Waals surface area contributed by atoms with Crippen LogP contribution in [0, 0.1) is 5.41 Å². The number of amides is 1. The van der Waals surface area contributed by atoms with Crippen LogP contribution < -0.4 is 16.0 Å². The minimum absolute atomic E-state index is 0.0396. The number of hydrogen-bond acceptors (Lipinski definition) is 5. The van der Waals surface area contributed by atoms with Crippen LogP contribution in [-0.2, 0) is 9.53 Å². The van der Waals surface area contributed by atoms with E-state index in [4.69, 9.17) is 4.74 Å². The number of guanidine groups is 1. The van der Waals surface area contributed by atoms with E-state index < -0.39 is 5.41 Å². The molecule has 1 aliphatic heterocycles. The third kappa shape index (κ3) is 6.48. The molecule has 0 radical (unpaired) electrons. The SMILES string of the molecule is CCNC(=O)C(C)(C)CNC(=NC)NCC(c1cccs1)N1CCOCC1. The van der Waals surface area contributed by atoms with Gasteiger partial charge in [0.15, 0.2) is 5.96 Å². The van der Waals surface area contributed by atoms with Crippen molar-refractivity contribution in [1.29, 1.82) is 0 Å². The molecule has 1 aliphatic rings. The summed E-state index contributed by atoms with van der Waals surface area (Å²) in [4.78, 5) is 20.3. The van der Waals surface area contributed by atoms with Crippen LogP contribution in [0.3, 0.4) is 0 Å². The van der Waals surface area contributed by atoms with Crippen LogP contribution in [0.4, 0.5) is 0 Å². The molecule has 1 fully saturated rings. The molecule has 0 spiro atoms. The lowest BCUT2D eigenvalue weighted by Gasteiger charge is -2.34. The normalized spacial score (nSPS) is 17.4. The van der Waals surface area contributed by atoms with Crippen molar-refractivity contribution in [2.45, 2.75) is 26.8 Å². The minimum atomic E-state index is -0.509. The summed E-state index contributed by atoms with van der Waals surface area (Å²) in [5.74, 6) is 0.750. The fourth-order valence-corrected chi connectivity index (χ4v) is 3.84. The fraction of sp³-hybridized carbons (Fsp3) is 0.684. The van der Waals surface area contributed by atoms with Crippen molar-refractivity contribution in [2.75, 3.05) is 53.0 Å². The number of thiophene rings is 1. The van der Waals surface area contributed by atoms with Crippen molar-refractivity contribution in [3.63, 3.8) is 0 Å². The molecular formula is C19H33N5O2S. The molecule has 8 heteroatoms. The summed E-state index contributed by atoms with van der Waals surface area (Å²) in [7, 11) is 1.75. The van der Waals surface area contributed by atoms with E-state index >= 15 is 0 Å². The highest BCUT2D eigenvalue weighted by atomic mass is 32.1. The third-order valence-corrected chi connectivity index (χ3v) is 5.67. The zero-order chi connectivity index (χ0) is 19.7. The summed E-state index contributed by atoms with van der Waals surface area (Å²) < 4.78 is 5.50. The number of aliphatic imine (C=N–C) groups is 1. The molecule has 152 valence electrons. The first-order valence-electron chi connectivity index (χ1n) is 9.56. The molecule has 27 heavy (non-hydrogen) atoms. The number of carbonyl (C=O) groups is 1. The molecule has 0 aromatic carbocycles. The average molecular weight is 396 g/mol. The van der Waals surface area contributed by atoms with Crippen LogP contribution in [0.15, 0.2) is 22.5 Å². The molecule has 0 bridgehead atoms. The Morgan fingerprint density at radius 3 is 2.67 bits per heavy atom. The summed E-state index contributed by atoms with van der Waals surface area (Å²) >= 11 is 1.78. The predicted octanol–water partition coefficient (Wildman–Crippen LogP) is 1.45. The van der Waals surface area contributed by atoms with Gasteiger partial charge < -0.3 is 20.7 Å². The van der Waals surface area contributed by atoms with Gasteiger partial charge in [-0.2, -0.15) is 0 Å². The lowest BCUT2D eigenvalue weighted by atomic mass is 9.92. The van der Waals surface area contributed by atoms with Crippen LogP contribution in [0.1, 0.15) is 31.7 Å². The van der Waals surface area contributed by atoms with E-state index in [-0.39, 0.29) is 11.9 Å². The molecule has 1 aromatic rings. The van der Waals surface area contributed by atoms with E-state index in [0.29, 0.717) is 19.0 Å². The van der Waals surface area contributed by atoms with Gasteiger partial charge in [-0.05, 0) is 32.2 Å². The molecule has 1 unspecified atom stereocenters. The first-order valence-corrected chi connectivity index (χ1v) is 10.4. The Morgan fingerprint density at radius 1 is 1.33 bits per heavy atom. The third-order valence-electron chi connectivity index (χ3n) is 4.69. The van der Waals surface area contributed by atoms with E-state index in [1.807, 2.05) is 20.8 Å². The standard InChI is InChI=1S/C19H33N5O2S/c1-5-21-17(25)19(2,3)14-23-18(20-4)22-13-15(16-7-6-12-27-16)24-8-10-26-11-9-24/h6-7,12,15H,5,8-11,13-14H2,1-4H3,(H,21,25)(H2,20,22,23). The zero-order valence-electron chi connectivity index (χ0n) is 16.9. The van der Waals surface area contributed by atoms with Crippen molar-refractivity contribution >= 4 is 23.2 Å². The van der Waals surface area contributed by atoms with Crippen LogP contribution >= 0.6 is 11.3 Å². The van der Waals surface area contributed by atoms with Gasteiger partial charge in [0, 0.05) is 44.6 Å². The van der Waals surface area contributed by atoms with Gasteiger partial charge in [0.1, 0.15) is 0 Å². The number of nitrogens with one attached hydrogen (secondary N) is 3. The monoisotopic (exact) mass is 395 g/mol. The topological polar surface area (TPSA) is 78.0 Å². The number of rotatable bonds is 8. The number of nitrogens with zero attached hydrogens (tertiary/aromatic N) is 2. The van der Waals surface area contributed by atoms with Gasteiger partial charge in [0.25, 0.3) is 0 Å². The summed E-state index contributed by atoms with van der Waals surface area (Å²) in [6.07, 6.45) is 0. The molecule has 0 aliphatic carbocycles. The maximum absolute atomic E-state index is 12.2. The Balaban J connectivity index is 1.93. The van der Waals surface area contributed by atoms with Crippen LogP contribution in [0.2, 0.25) is 0 Å². The lowest BCUT2D eigenvalue weighted by Crippen LogP contribution is -2.50. The zero-order valence-corrected chi connectivity index (χ0v) is 17.7. The van der Waals surface area contributed by atoms with Crippen LogP contribution in [0.25, 0.3) is 0 Å². The number of morpholine rings is 1. The molecule has 3 N–H and O–H groups in total. The first kappa shape index (κ1) is 21.7. The largest absolute Gasteiger partial charge is 0.379 e. The summed E-state index contributed by atoms with van der Waals surface area (Å²) in [5.41, 5.74) is -0.509. The Kier molecular flexibility index (Phi) is 8.53. The lowest BCUT2D eigenvalue weighted by molar-refractivity contribution is -0.128. The fourth-order valence-electron chi connectivity index (χ4n) is 2.98. The van der Waals surface area contributed by atoms with Gasteiger partial charge in [0.2, 0.25) is 5.91 Å². The Hall–Kier alpha value is -1.64. The van der Waals surface area contributed by atoms with Gasteiger partial charge in [-0.1, -0.05) is 6.07 Å². The second-order valence-corrected chi connectivity index (χ2v) is 8.21. The predicted molar refractivity (Wildman–Crippen MR) is 111 cm³/mol. The summed E-state index contributed by atoms with van der Waals surface area (Å²) in [5, 5.41) is 11.7. The number of ether oxygens (including phenoxy) is 1. The maximum atomic E-state index is 12.2. The quantitative estimate of drug-likeness (QED) is 0.459.